The molecule has 0 saturated carbocycles. The lowest BCUT2D eigenvalue weighted by Gasteiger charge is -2.24. The molecule has 11 heteroatoms. The van der Waals surface area contributed by atoms with Crippen molar-refractivity contribution in [3.8, 4) is 23.4 Å². The van der Waals surface area contributed by atoms with Gasteiger partial charge in [-0.2, -0.15) is 10.5 Å². The van der Waals surface area contributed by atoms with Crippen LogP contribution in [0.2, 0.25) is 0 Å². The second kappa shape index (κ2) is 11.5. The van der Waals surface area contributed by atoms with Crippen molar-refractivity contribution in [1.29, 1.82) is 10.5 Å². The van der Waals surface area contributed by atoms with Crippen molar-refractivity contribution < 1.29 is 19.1 Å². The van der Waals surface area contributed by atoms with Gasteiger partial charge in [-0.3, -0.25) is 4.79 Å². The Bertz CT molecular complexity index is 1580. The number of amides is 1. The average Bonchev–Trinajstić information content (AvgIpc) is 3.27. The van der Waals surface area contributed by atoms with E-state index in [1.54, 1.807) is 51.2 Å². The van der Waals surface area contributed by atoms with Gasteiger partial charge < -0.3 is 25.4 Å². The van der Waals surface area contributed by atoms with Gasteiger partial charge in [-0.05, 0) is 69.2 Å². The zero-order chi connectivity index (χ0) is 29.8. The van der Waals surface area contributed by atoms with Crippen molar-refractivity contribution in [2.75, 3.05) is 30.3 Å². The number of fused-ring (bicyclic) bond motifs is 1. The maximum absolute atomic E-state index is 12.4. The minimum Gasteiger partial charge on any atom is -0.463 e. The number of aryl methyl sites for hydroxylation is 1. The molecule has 3 N–H and O–H groups in total. The molecular formula is C30H31N7O4. The molecule has 1 aromatic heterocycles. The Labute approximate surface area is 238 Å². The fourth-order valence-corrected chi connectivity index (χ4v) is 4.33. The molecule has 0 bridgehead atoms. The van der Waals surface area contributed by atoms with Crippen LogP contribution in [0.15, 0.2) is 42.6 Å². The molecule has 0 saturated heterocycles. The van der Waals surface area contributed by atoms with Gasteiger partial charge in [0.15, 0.2) is 0 Å². The molecule has 2 aromatic carbocycles. The zero-order valence-electron chi connectivity index (χ0n) is 23.6. The highest BCUT2D eigenvalue weighted by Crippen LogP contribution is 2.41. The minimum absolute atomic E-state index is 0.0290. The van der Waals surface area contributed by atoms with Gasteiger partial charge in [-0.25, -0.2) is 14.8 Å². The lowest BCUT2D eigenvalue weighted by molar-refractivity contribution is -0.144. The molecule has 1 amide bonds. The molecule has 0 spiro atoms. The smallest absolute Gasteiger partial charge is 0.408 e. The number of carbonyl (C=O) groups is 2. The number of alkyl carbamates (subject to hydrolysis) is 1. The van der Waals surface area contributed by atoms with Crippen LogP contribution >= 0.6 is 0 Å². The molecule has 2 heterocycles. The second-order valence-electron chi connectivity index (χ2n) is 11.0. The lowest BCUT2D eigenvalue weighted by Crippen LogP contribution is -2.38. The number of nitrogens with one attached hydrogen (secondary N) is 3. The van der Waals surface area contributed by atoms with Crippen molar-refractivity contribution >= 4 is 29.4 Å². The van der Waals surface area contributed by atoms with Crippen molar-refractivity contribution in [3.05, 3.63) is 64.8 Å². The topological polar surface area (TPSA) is 162 Å². The summed E-state index contributed by atoms with van der Waals surface area (Å²) in [5, 5.41) is 28.0. The van der Waals surface area contributed by atoms with Gasteiger partial charge in [-0.15, -0.1) is 0 Å². The van der Waals surface area contributed by atoms with Crippen LogP contribution in [-0.2, 0) is 19.7 Å². The maximum atomic E-state index is 12.4. The minimum atomic E-state index is -0.705. The summed E-state index contributed by atoms with van der Waals surface area (Å²) >= 11 is 0. The van der Waals surface area contributed by atoms with E-state index in [-0.39, 0.29) is 13.2 Å². The van der Waals surface area contributed by atoms with Crippen LogP contribution in [0, 0.1) is 29.6 Å². The third-order valence-corrected chi connectivity index (χ3v) is 6.46. The number of carbonyl (C=O) groups excluding carboxylic acids is 2. The molecule has 0 radical (unpaired) electrons. The fraction of sp³-hybridized carbons (Fsp3) is 0.333. The highest BCUT2D eigenvalue weighted by atomic mass is 16.6. The lowest BCUT2D eigenvalue weighted by atomic mass is 9.83. The quantitative estimate of drug-likeness (QED) is 0.350. The summed E-state index contributed by atoms with van der Waals surface area (Å²) in [6.45, 7) is 9.18. The second-order valence-corrected chi connectivity index (χ2v) is 11.0. The van der Waals surface area contributed by atoms with Crippen LogP contribution in [0.1, 0.15) is 49.9 Å². The van der Waals surface area contributed by atoms with Crippen molar-refractivity contribution in [2.24, 2.45) is 0 Å². The first-order valence-corrected chi connectivity index (χ1v) is 13.0. The highest BCUT2D eigenvalue weighted by molar-refractivity contribution is 5.79. The van der Waals surface area contributed by atoms with E-state index in [1.165, 1.54) is 0 Å². The monoisotopic (exact) mass is 553 g/mol. The summed E-state index contributed by atoms with van der Waals surface area (Å²) < 4.78 is 10.7. The Kier molecular flexibility index (Phi) is 8.11. The van der Waals surface area contributed by atoms with Crippen LogP contribution in [0.5, 0.6) is 0 Å². The van der Waals surface area contributed by atoms with Crippen LogP contribution in [0.3, 0.4) is 0 Å². The predicted molar refractivity (Wildman–Crippen MR) is 152 cm³/mol. The zero-order valence-corrected chi connectivity index (χ0v) is 23.6. The maximum Gasteiger partial charge on any atom is 0.408 e. The molecule has 4 rings (SSSR count). The van der Waals surface area contributed by atoms with Gasteiger partial charge in [0.1, 0.15) is 24.8 Å². The number of rotatable bonds is 7. The number of esters is 1. The van der Waals surface area contributed by atoms with E-state index >= 15 is 0 Å². The molecule has 41 heavy (non-hydrogen) atoms. The predicted octanol–water partition coefficient (Wildman–Crippen LogP) is 4.69. The molecule has 1 aliphatic heterocycles. The SMILES string of the molecule is Cc1ccc(C#N)cc1Nc1nccc(-c2cc(C#N)c3c(c2)C(C)(COC(=O)CNC(=O)OC(C)(C)C)CN3)n1. The van der Waals surface area contributed by atoms with Crippen molar-refractivity contribution in [1.82, 2.24) is 15.3 Å². The average molecular weight is 554 g/mol. The van der Waals surface area contributed by atoms with E-state index in [9.17, 15) is 20.1 Å². The first kappa shape index (κ1) is 28.8. The van der Waals surface area contributed by atoms with Gasteiger partial charge >= 0.3 is 12.1 Å². The van der Waals surface area contributed by atoms with E-state index < -0.39 is 23.1 Å². The van der Waals surface area contributed by atoms with E-state index in [1.807, 2.05) is 26.0 Å². The Hall–Kier alpha value is -5.16. The number of aromatic nitrogens is 2. The Morgan fingerprint density at radius 1 is 1.15 bits per heavy atom. The van der Waals surface area contributed by atoms with E-state index in [0.29, 0.717) is 46.3 Å². The Balaban J connectivity index is 1.53. The number of benzene rings is 2. The fourth-order valence-electron chi connectivity index (χ4n) is 4.33. The van der Waals surface area contributed by atoms with Gasteiger partial charge in [-0.1, -0.05) is 13.0 Å². The molecule has 11 nitrogen and oxygen atoms in total. The largest absolute Gasteiger partial charge is 0.463 e. The summed E-state index contributed by atoms with van der Waals surface area (Å²) in [7, 11) is 0. The first-order chi connectivity index (χ1) is 19.4. The third kappa shape index (κ3) is 6.89. The van der Waals surface area contributed by atoms with Crippen LogP contribution in [-0.4, -0.2) is 47.3 Å². The van der Waals surface area contributed by atoms with Crippen LogP contribution in [0.4, 0.5) is 22.1 Å². The summed E-state index contributed by atoms with van der Waals surface area (Å²) in [4.78, 5) is 33.2. The molecule has 0 aliphatic carbocycles. The van der Waals surface area contributed by atoms with Gasteiger partial charge in [0.2, 0.25) is 5.95 Å². The normalized spacial score (nSPS) is 15.5. The van der Waals surface area contributed by atoms with E-state index in [4.69, 9.17) is 9.47 Å². The van der Waals surface area contributed by atoms with Crippen molar-refractivity contribution in [3.63, 3.8) is 0 Å². The summed E-state index contributed by atoms with van der Waals surface area (Å²) in [5.74, 6) is -0.267. The number of nitriles is 2. The summed E-state index contributed by atoms with van der Waals surface area (Å²) in [6.07, 6.45) is 0.910. The molecule has 0 fully saturated rings. The molecule has 210 valence electrons. The summed E-state index contributed by atoms with van der Waals surface area (Å²) in [5.41, 5.74) is 4.05. The van der Waals surface area contributed by atoms with Crippen LogP contribution in [0.25, 0.3) is 11.3 Å². The Morgan fingerprint density at radius 3 is 2.63 bits per heavy atom. The summed E-state index contributed by atoms with van der Waals surface area (Å²) in [6, 6.07) is 15.1. The third-order valence-electron chi connectivity index (χ3n) is 6.46. The number of hydrogen-bond acceptors (Lipinski definition) is 10. The Morgan fingerprint density at radius 2 is 1.93 bits per heavy atom. The number of ether oxygens (including phenoxy) is 2. The van der Waals surface area contributed by atoms with Gasteiger partial charge in [0.25, 0.3) is 0 Å². The van der Waals surface area contributed by atoms with E-state index in [2.05, 4.69) is 38.1 Å². The highest BCUT2D eigenvalue weighted by Gasteiger charge is 2.38. The van der Waals surface area contributed by atoms with Crippen molar-refractivity contribution in [2.45, 2.75) is 45.6 Å². The van der Waals surface area contributed by atoms with Crippen LogP contribution < -0.4 is 16.0 Å². The van der Waals surface area contributed by atoms with E-state index in [0.717, 1.165) is 11.1 Å². The standard InChI is InChI=1S/C30H31N7O4/c1-18-6-7-19(13-31)10-24(18)37-27-33-9-8-23(36-27)20-11-21(14-32)26-22(12-20)30(5,16-35-26)17-40-25(38)15-34-28(39)41-29(2,3)4/h6-12,35H,15-17H2,1-5H3,(H,34,39)(H,33,36,37). The molecule has 1 aliphatic rings. The number of hydrogen-bond donors (Lipinski definition) is 3. The van der Waals surface area contributed by atoms with Gasteiger partial charge in [0, 0.05) is 29.4 Å². The first-order valence-electron chi connectivity index (χ1n) is 13.0. The molecule has 1 unspecified atom stereocenters. The molecule has 3 aromatic rings. The molecule has 1 atom stereocenters. The number of anilines is 3. The molecular weight excluding hydrogens is 522 g/mol. The number of nitrogens with zero attached hydrogens (tertiary/aromatic N) is 4. The van der Waals surface area contributed by atoms with Gasteiger partial charge in [0.05, 0.1) is 28.6 Å².